The topological polar surface area (TPSA) is 92.3 Å². The number of hydrogen-bond donors (Lipinski definition) is 1. The maximum atomic E-state index is 12.6. The third-order valence-corrected chi connectivity index (χ3v) is 8.28. The number of anilines is 1. The molecular weight excluding hydrogens is 328 g/mol. The molecule has 2 saturated heterocycles. The SMILES string of the molecule is Cc1cc(N2CC3(C2)C(NC(=O)C2CC2C)CCS3(=O)=O)ncn1. The van der Waals surface area contributed by atoms with Crippen molar-refractivity contribution in [3.8, 4) is 0 Å². The lowest BCUT2D eigenvalue weighted by Gasteiger charge is -2.50. The molecule has 3 fully saturated rings. The Balaban J connectivity index is 1.52. The minimum atomic E-state index is -3.21. The van der Waals surface area contributed by atoms with Crippen molar-refractivity contribution < 1.29 is 13.2 Å². The molecule has 2 aliphatic heterocycles. The van der Waals surface area contributed by atoms with E-state index in [1.807, 2.05) is 24.8 Å². The lowest BCUT2D eigenvalue weighted by molar-refractivity contribution is -0.123. The Bertz CT molecular complexity index is 788. The highest BCUT2D eigenvalue weighted by Crippen LogP contribution is 2.43. The number of nitrogens with zero attached hydrogens (tertiary/aromatic N) is 3. The van der Waals surface area contributed by atoms with Crippen LogP contribution in [0.3, 0.4) is 0 Å². The standard InChI is InChI=1S/C16H22N4O3S/c1-10-5-12(10)15(21)19-13-3-4-24(22,23)16(13)7-20(8-16)14-6-11(2)17-9-18-14/h6,9-10,12-13H,3-5,7-8H2,1-2H3,(H,19,21). The van der Waals surface area contributed by atoms with Crippen LogP contribution in [0.5, 0.6) is 0 Å². The molecule has 1 aromatic rings. The number of sulfone groups is 1. The maximum Gasteiger partial charge on any atom is 0.223 e. The van der Waals surface area contributed by atoms with Gasteiger partial charge >= 0.3 is 0 Å². The van der Waals surface area contributed by atoms with E-state index in [0.717, 1.165) is 17.9 Å². The van der Waals surface area contributed by atoms with Crippen LogP contribution in [-0.2, 0) is 14.6 Å². The monoisotopic (exact) mass is 350 g/mol. The number of nitrogens with one attached hydrogen (secondary N) is 1. The lowest BCUT2D eigenvalue weighted by atomic mass is 9.88. The highest BCUT2D eigenvalue weighted by molar-refractivity contribution is 7.93. The van der Waals surface area contributed by atoms with Gasteiger partial charge in [0.15, 0.2) is 9.84 Å². The summed E-state index contributed by atoms with van der Waals surface area (Å²) in [4.78, 5) is 22.5. The van der Waals surface area contributed by atoms with Crippen LogP contribution in [0.4, 0.5) is 5.82 Å². The number of hydrogen-bond acceptors (Lipinski definition) is 6. The molecule has 0 bridgehead atoms. The summed E-state index contributed by atoms with van der Waals surface area (Å²) in [6.07, 6.45) is 2.91. The summed E-state index contributed by atoms with van der Waals surface area (Å²) in [7, 11) is -3.21. The van der Waals surface area contributed by atoms with E-state index in [0.29, 0.717) is 25.4 Å². The van der Waals surface area contributed by atoms with Crippen LogP contribution in [0, 0.1) is 18.8 Å². The molecular formula is C16H22N4O3S. The molecule has 3 atom stereocenters. The Labute approximate surface area is 141 Å². The van der Waals surface area contributed by atoms with Crippen molar-refractivity contribution in [3.05, 3.63) is 18.1 Å². The average molecular weight is 350 g/mol. The molecule has 7 nitrogen and oxygen atoms in total. The number of aryl methyl sites for hydroxylation is 1. The minimum absolute atomic E-state index is 0.0142. The summed E-state index contributed by atoms with van der Waals surface area (Å²) >= 11 is 0. The fourth-order valence-corrected chi connectivity index (χ4v) is 6.19. The Hall–Kier alpha value is -1.70. The van der Waals surface area contributed by atoms with Crippen molar-refractivity contribution in [3.63, 3.8) is 0 Å². The van der Waals surface area contributed by atoms with Crippen LogP contribution in [0.25, 0.3) is 0 Å². The molecule has 0 aromatic carbocycles. The van der Waals surface area contributed by atoms with Gasteiger partial charge in [0.25, 0.3) is 0 Å². The predicted molar refractivity (Wildman–Crippen MR) is 89.3 cm³/mol. The Morgan fingerprint density at radius 3 is 2.71 bits per heavy atom. The summed E-state index contributed by atoms with van der Waals surface area (Å²) in [5.41, 5.74) is 0.850. The quantitative estimate of drug-likeness (QED) is 0.843. The van der Waals surface area contributed by atoms with Gasteiger partial charge in [-0.05, 0) is 25.7 Å². The minimum Gasteiger partial charge on any atom is -0.353 e. The summed E-state index contributed by atoms with van der Waals surface area (Å²) in [5, 5.41) is 3.03. The van der Waals surface area contributed by atoms with Crippen LogP contribution in [0.1, 0.15) is 25.5 Å². The molecule has 1 aliphatic carbocycles. The number of amides is 1. The largest absolute Gasteiger partial charge is 0.353 e. The molecule has 0 radical (unpaired) electrons. The van der Waals surface area contributed by atoms with Crippen molar-refractivity contribution >= 4 is 21.6 Å². The highest BCUT2D eigenvalue weighted by Gasteiger charge is 2.62. The predicted octanol–water partition coefficient (Wildman–Crippen LogP) is 0.303. The Morgan fingerprint density at radius 1 is 1.38 bits per heavy atom. The van der Waals surface area contributed by atoms with Crippen LogP contribution in [0.2, 0.25) is 0 Å². The number of rotatable bonds is 3. The third kappa shape index (κ3) is 2.30. The second kappa shape index (κ2) is 5.15. The molecule has 1 N–H and O–H groups in total. The maximum absolute atomic E-state index is 12.6. The molecule has 3 unspecified atom stereocenters. The van der Waals surface area contributed by atoms with Crippen LogP contribution in [0.15, 0.2) is 12.4 Å². The second-order valence-electron chi connectivity index (χ2n) is 7.43. The van der Waals surface area contributed by atoms with E-state index < -0.39 is 14.6 Å². The lowest BCUT2D eigenvalue weighted by Crippen LogP contribution is -2.72. The van der Waals surface area contributed by atoms with Crippen LogP contribution >= 0.6 is 0 Å². The van der Waals surface area contributed by atoms with Gasteiger partial charge in [-0.1, -0.05) is 6.92 Å². The number of carbonyl (C=O) groups is 1. The normalized spacial score (nSPS) is 32.4. The average Bonchev–Trinajstić information content (AvgIpc) is 3.13. The van der Waals surface area contributed by atoms with Gasteiger partial charge in [-0.15, -0.1) is 0 Å². The van der Waals surface area contributed by atoms with E-state index in [1.165, 1.54) is 6.33 Å². The van der Waals surface area contributed by atoms with Crippen molar-refractivity contribution in [1.82, 2.24) is 15.3 Å². The van der Waals surface area contributed by atoms with Gasteiger partial charge < -0.3 is 10.2 Å². The van der Waals surface area contributed by atoms with E-state index in [1.54, 1.807) is 0 Å². The molecule has 3 heterocycles. The fourth-order valence-electron chi connectivity index (χ4n) is 3.92. The molecule has 4 rings (SSSR count). The van der Waals surface area contributed by atoms with Gasteiger partial charge in [-0.2, -0.15) is 0 Å². The van der Waals surface area contributed by atoms with E-state index >= 15 is 0 Å². The van der Waals surface area contributed by atoms with Crippen molar-refractivity contribution in [2.75, 3.05) is 23.7 Å². The van der Waals surface area contributed by atoms with Crippen molar-refractivity contribution in [2.24, 2.45) is 11.8 Å². The summed E-state index contributed by atoms with van der Waals surface area (Å²) in [5.74, 6) is 1.39. The number of carbonyl (C=O) groups excluding carboxylic acids is 1. The first-order chi connectivity index (χ1) is 11.3. The molecule has 1 amide bonds. The third-order valence-electron chi connectivity index (χ3n) is 5.72. The molecule has 1 saturated carbocycles. The van der Waals surface area contributed by atoms with E-state index in [-0.39, 0.29) is 23.6 Å². The smallest absolute Gasteiger partial charge is 0.223 e. The van der Waals surface area contributed by atoms with Crippen molar-refractivity contribution in [1.29, 1.82) is 0 Å². The first-order valence-electron chi connectivity index (χ1n) is 8.39. The summed E-state index contributed by atoms with van der Waals surface area (Å²) in [6, 6.07) is 1.57. The van der Waals surface area contributed by atoms with Gasteiger partial charge in [0.1, 0.15) is 16.9 Å². The molecule has 8 heteroatoms. The van der Waals surface area contributed by atoms with Crippen LogP contribution in [-0.4, -0.2) is 53.9 Å². The molecule has 130 valence electrons. The Kier molecular flexibility index (Phi) is 3.39. The molecule has 1 aromatic heterocycles. The van der Waals surface area contributed by atoms with Gasteiger partial charge in [-0.25, -0.2) is 18.4 Å². The van der Waals surface area contributed by atoms with Gasteiger partial charge in [0.05, 0.1) is 11.8 Å². The Morgan fingerprint density at radius 2 is 2.08 bits per heavy atom. The summed E-state index contributed by atoms with van der Waals surface area (Å²) < 4.78 is 24.4. The first-order valence-corrected chi connectivity index (χ1v) is 10.0. The molecule has 24 heavy (non-hydrogen) atoms. The van der Waals surface area contributed by atoms with Gasteiger partial charge in [0, 0.05) is 30.8 Å². The van der Waals surface area contributed by atoms with Gasteiger partial charge in [0.2, 0.25) is 5.91 Å². The van der Waals surface area contributed by atoms with Crippen LogP contribution < -0.4 is 10.2 Å². The highest BCUT2D eigenvalue weighted by atomic mass is 32.2. The zero-order chi connectivity index (χ0) is 17.1. The number of aromatic nitrogens is 2. The first kappa shape index (κ1) is 15.8. The molecule has 3 aliphatic rings. The van der Waals surface area contributed by atoms with E-state index in [2.05, 4.69) is 15.3 Å². The molecule has 1 spiro atoms. The summed E-state index contributed by atoms with van der Waals surface area (Å²) in [6.45, 7) is 4.70. The van der Waals surface area contributed by atoms with E-state index in [4.69, 9.17) is 0 Å². The van der Waals surface area contributed by atoms with E-state index in [9.17, 15) is 13.2 Å². The second-order valence-corrected chi connectivity index (χ2v) is 9.88. The zero-order valence-electron chi connectivity index (χ0n) is 13.9. The fraction of sp³-hybridized carbons (Fsp3) is 0.688. The van der Waals surface area contributed by atoms with Crippen molar-refractivity contribution in [2.45, 2.75) is 37.5 Å². The zero-order valence-corrected chi connectivity index (χ0v) is 14.7. The van der Waals surface area contributed by atoms with Gasteiger partial charge in [-0.3, -0.25) is 4.79 Å².